The van der Waals surface area contributed by atoms with Crippen LogP contribution in [0.2, 0.25) is 0 Å². The zero-order chi connectivity index (χ0) is 13.1. The number of nitrogens with zero attached hydrogens (tertiary/aromatic N) is 2. The summed E-state index contributed by atoms with van der Waals surface area (Å²) in [4.78, 5) is 6.84. The number of hydrogen-bond acceptors (Lipinski definition) is 4. The van der Waals surface area contributed by atoms with Gasteiger partial charge in [0.2, 0.25) is 5.88 Å². The van der Waals surface area contributed by atoms with Crippen molar-refractivity contribution >= 4 is 11.5 Å². The van der Waals surface area contributed by atoms with Gasteiger partial charge in [0.05, 0.1) is 11.8 Å². The van der Waals surface area contributed by atoms with Gasteiger partial charge < -0.3 is 15.4 Å². The molecule has 1 aromatic rings. The van der Waals surface area contributed by atoms with Crippen molar-refractivity contribution in [3.63, 3.8) is 0 Å². The van der Waals surface area contributed by atoms with Gasteiger partial charge in [0, 0.05) is 13.1 Å². The van der Waals surface area contributed by atoms with Crippen LogP contribution in [0.5, 0.6) is 5.88 Å². The van der Waals surface area contributed by atoms with Gasteiger partial charge in [0.25, 0.3) is 0 Å². The van der Waals surface area contributed by atoms with Gasteiger partial charge in [-0.05, 0) is 51.7 Å². The molecule has 0 atom stereocenters. The lowest BCUT2D eigenvalue weighted by Gasteiger charge is -2.23. The number of nitrogens with two attached hydrogens (primary N) is 1. The van der Waals surface area contributed by atoms with E-state index in [2.05, 4.69) is 16.8 Å². The fourth-order valence-electron chi connectivity index (χ4n) is 1.93. The lowest BCUT2D eigenvalue weighted by atomic mass is 10.3. The minimum atomic E-state index is 0.0913. The van der Waals surface area contributed by atoms with E-state index in [4.69, 9.17) is 10.5 Å². The molecule has 0 bridgehead atoms. The van der Waals surface area contributed by atoms with E-state index in [1.54, 1.807) is 0 Å². The van der Waals surface area contributed by atoms with Gasteiger partial charge >= 0.3 is 0 Å². The minimum Gasteiger partial charge on any atom is -0.473 e. The first-order valence-corrected chi connectivity index (χ1v) is 6.78. The third kappa shape index (κ3) is 3.28. The second-order valence-electron chi connectivity index (χ2n) is 5.21. The van der Waals surface area contributed by atoms with Crippen molar-refractivity contribution in [3.8, 4) is 5.88 Å². The maximum absolute atomic E-state index is 5.89. The molecule has 0 saturated heterocycles. The smallest absolute Gasteiger partial charge is 0.239 e. The molecule has 0 spiro atoms. The molecule has 2 N–H and O–H groups in total. The molecule has 0 unspecified atom stereocenters. The van der Waals surface area contributed by atoms with Gasteiger partial charge in [-0.3, -0.25) is 0 Å². The van der Waals surface area contributed by atoms with Crippen LogP contribution in [-0.2, 0) is 0 Å². The molecule has 4 nitrogen and oxygen atoms in total. The highest BCUT2D eigenvalue weighted by molar-refractivity contribution is 5.54. The summed E-state index contributed by atoms with van der Waals surface area (Å²) in [5.74, 6) is 2.37. The summed E-state index contributed by atoms with van der Waals surface area (Å²) in [5.41, 5.74) is 6.49. The Labute approximate surface area is 109 Å². The molecule has 1 heterocycles. The quantitative estimate of drug-likeness (QED) is 0.842. The molecule has 1 aliphatic carbocycles. The van der Waals surface area contributed by atoms with Crippen molar-refractivity contribution in [2.24, 2.45) is 5.92 Å². The van der Waals surface area contributed by atoms with E-state index < -0.39 is 0 Å². The summed E-state index contributed by atoms with van der Waals surface area (Å²) >= 11 is 0. The third-order valence-electron chi connectivity index (χ3n) is 3.10. The Morgan fingerprint density at radius 2 is 2.17 bits per heavy atom. The molecule has 1 saturated carbocycles. The number of nitrogen functional groups attached to an aromatic ring is 1. The fourth-order valence-corrected chi connectivity index (χ4v) is 1.93. The number of ether oxygens (including phenoxy) is 1. The van der Waals surface area contributed by atoms with Gasteiger partial charge in [0.1, 0.15) is 5.82 Å². The molecule has 2 rings (SSSR count). The van der Waals surface area contributed by atoms with Gasteiger partial charge in [-0.1, -0.05) is 0 Å². The molecule has 0 amide bonds. The Hall–Kier alpha value is -1.45. The first kappa shape index (κ1) is 13.0. The monoisotopic (exact) mass is 249 g/mol. The molecular formula is C14H23N3O. The lowest BCUT2D eigenvalue weighted by Crippen LogP contribution is -2.26. The van der Waals surface area contributed by atoms with E-state index in [1.807, 2.05) is 26.0 Å². The predicted octanol–water partition coefficient (Wildman–Crippen LogP) is 2.69. The Balaban J connectivity index is 2.15. The summed E-state index contributed by atoms with van der Waals surface area (Å²) in [5, 5.41) is 0. The van der Waals surface area contributed by atoms with Crippen LogP contribution in [0.4, 0.5) is 11.5 Å². The molecule has 1 fully saturated rings. The average molecular weight is 249 g/mol. The van der Waals surface area contributed by atoms with Gasteiger partial charge in [-0.15, -0.1) is 0 Å². The van der Waals surface area contributed by atoms with Crippen LogP contribution in [0, 0.1) is 5.92 Å². The SMILES string of the molecule is CCN(CC1CC1)c1ccc(N)c(OC(C)C)n1. The highest BCUT2D eigenvalue weighted by Gasteiger charge is 2.24. The molecular weight excluding hydrogens is 226 g/mol. The van der Waals surface area contributed by atoms with Crippen LogP contribution in [-0.4, -0.2) is 24.2 Å². The predicted molar refractivity (Wildman–Crippen MR) is 75.0 cm³/mol. The molecule has 1 aromatic heterocycles. The first-order valence-electron chi connectivity index (χ1n) is 6.78. The second kappa shape index (κ2) is 5.46. The second-order valence-corrected chi connectivity index (χ2v) is 5.21. The lowest BCUT2D eigenvalue weighted by molar-refractivity contribution is 0.234. The number of hydrogen-bond donors (Lipinski definition) is 1. The summed E-state index contributed by atoms with van der Waals surface area (Å²) in [7, 11) is 0. The Bertz CT molecular complexity index is 402. The molecule has 100 valence electrons. The van der Waals surface area contributed by atoms with E-state index in [1.165, 1.54) is 12.8 Å². The topological polar surface area (TPSA) is 51.4 Å². The summed E-state index contributed by atoms with van der Waals surface area (Å²) in [6.07, 6.45) is 2.79. The van der Waals surface area contributed by atoms with Crippen molar-refractivity contribution in [2.45, 2.75) is 39.7 Å². The van der Waals surface area contributed by atoms with E-state index >= 15 is 0 Å². The molecule has 0 radical (unpaired) electrons. The largest absolute Gasteiger partial charge is 0.473 e. The zero-order valence-corrected chi connectivity index (χ0v) is 11.5. The number of aromatic nitrogens is 1. The molecule has 0 aliphatic heterocycles. The molecule has 4 heteroatoms. The minimum absolute atomic E-state index is 0.0913. The third-order valence-corrected chi connectivity index (χ3v) is 3.10. The fraction of sp³-hybridized carbons (Fsp3) is 0.643. The van der Waals surface area contributed by atoms with Crippen LogP contribution < -0.4 is 15.4 Å². The van der Waals surface area contributed by atoms with E-state index in [0.29, 0.717) is 11.6 Å². The van der Waals surface area contributed by atoms with Gasteiger partial charge in [-0.25, -0.2) is 0 Å². The van der Waals surface area contributed by atoms with E-state index in [0.717, 1.165) is 24.8 Å². The van der Waals surface area contributed by atoms with Crippen LogP contribution >= 0.6 is 0 Å². The van der Waals surface area contributed by atoms with Crippen molar-refractivity contribution in [3.05, 3.63) is 12.1 Å². The zero-order valence-electron chi connectivity index (χ0n) is 11.5. The first-order chi connectivity index (χ1) is 8.60. The molecule has 18 heavy (non-hydrogen) atoms. The Morgan fingerprint density at radius 3 is 2.72 bits per heavy atom. The van der Waals surface area contributed by atoms with E-state index in [9.17, 15) is 0 Å². The van der Waals surface area contributed by atoms with Crippen molar-refractivity contribution in [2.75, 3.05) is 23.7 Å². The highest BCUT2D eigenvalue weighted by atomic mass is 16.5. The Morgan fingerprint density at radius 1 is 1.44 bits per heavy atom. The summed E-state index contributed by atoms with van der Waals surface area (Å²) in [6, 6.07) is 3.87. The van der Waals surface area contributed by atoms with Crippen LogP contribution in [0.25, 0.3) is 0 Å². The highest BCUT2D eigenvalue weighted by Crippen LogP contribution is 2.32. The van der Waals surface area contributed by atoms with Crippen LogP contribution in [0.3, 0.4) is 0 Å². The van der Waals surface area contributed by atoms with Crippen molar-refractivity contribution in [1.29, 1.82) is 0 Å². The van der Waals surface area contributed by atoms with Crippen molar-refractivity contribution < 1.29 is 4.74 Å². The van der Waals surface area contributed by atoms with Gasteiger partial charge in [0.15, 0.2) is 0 Å². The maximum atomic E-state index is 5.89. The normalized spacial score (nSPS) is 14.9. The summed E-state index contributed by atoms with van der Waals surface area (Å²) in [6.45, 7) is 8.18. The number of rotatable bonds is 6. The number of anilines is 2. The van der Waals surface area contributed by atoms with Gasteiger partial charge in [-0.2, -0.15) is 4.98 Å². The van der Waals surface area contributed by atoms with Crippen LogP contribution in [0.1, 0.15) is 33.6 Å². The number of pyridine rings is 1. The van der Waals surface area contributed by atoms with Crippen molar-refractivity contribution in [1.82, 2.24) is 4.98 Å². The summed E-state index contributed by atoms with van der Waals surface area (Å²) < 4.78 is 5.64. The average Bonchev–Trinajstić information content (AvgIpc) is 3.12. The van der Waals surface area contributed by atoms with Crippen LogP contribution in [0.15, 0.2) is 12.1 Å². The maximum Gasteiger partial charge on any atom is 0.239 e. The molecule has 0 aromatic carbocycles. The Kier molecular flexibility index (Phi) is 3.94. The standard InChI is InChI=1S/C14H23N3O/c1-4-17(9-11-5-6-11)13-8-7-12(15)14(16-13)18-10(2)3/h7-8,10-11H,4-6,9,15H2,1-3H3. The van der Waals surface area contributed by atoms with E-state index in [-0.39, 0.29) is 6.10 Å². The molecule has 1 aliphatic rings.